The second kappa shape index (κ2) is 7.43. The molecule has 3 heteroatoms. The van der Waals surface area contributed by atoms with Gasteiger partial charge < -0.3 is 16.6 Å². The monoisotopic (exact) mass is 236 g/mol. The third-order valence-corrected chi connectivity index (χ3v) is 3.12. The minimum atomic E-state index is -0.841. The van der Waals surface area contributed by atoms with E-state index in [1.165, 1.54) is 25.7 Å². The van der Waals surface area contributed by atoms with E-state index in [1.807, 2.05) is 18.2 Å². The summed E-state index contributed by atoms with van der Waals surface area (Å²) >= 11 is 0. The SMILES string of the molecule is C[C@@H]1CCC[C@H](N)C1.NC(O)c1ccccc1. The summed E-state index contributed by atoms with van der Waals surface area (Å²) in [5.41, 5.74) is 11.6. The van der Waals surface area contributed by atoms with Crippen LogP contribution in [0.3, 0.4) is 0 Å². The van der Waals surface area contributed by atoms with Crippen molar-refractivity contribution in [2.75, 3.05) is 0 Å². The van der Waals surface area contributed by atoms with E-state index in [1.54, 1.807) is 12.1 Å². The molecule has 3 atom stereocenters. The minimum Gasteiger partial charge on any atom is -0.375 e. The fourth-order valence-corrected chi connectivity index (χ4v) is 2.13. The van der Waals surface area contributed by atoms with Crippen molar-refractivity contribution in [2.24, 2.45) is 17.4 Å². The van der Waals surface area contributed by atoms with E-state index in [0.717, 1.165) is 11.5 Å². The predicted octanol–water partition coefficient (Wildman–Crippen LogP) is 2.16. The topological polar surface area (TPSA) is 72.3 Å². The molecule has 0 spiro atoms. The summed E-state index contributed by atoms with van der Waals surface area (Å²) in [5.74, 6) is 0.888. The summed E-state index contributed by atoms with van der Waals surface area (Å²) in [4.78, 5) is 0. The molecule has 0 bridgehead atoms. The van der Waals surface area contributed by atoms with Gasteiger partial charge in [-0.3, -0.25) is 0 Å². The third-order valence-electron chi connectivity index (χ3n) is 3.12. The van der Waals surface area contributed by atoms with Crippen LogP contribution in [0.5, 0.6) is 0 Å². The van der Waals surface area contributed by atoms with Gasteiger partial charge in [-0.05, 0) is 24.3 Å². The molecule has 1 aromatic rings. The molecular weight excluding hydrogens is 212 g/mol. The molecule has 96 valence electrons. The lowest BCUT2D eigenvalue weighted by Gasteiger charge is -2.22. The van der Waals surface area contributed by atoms with Crippen molar-refractivity contribution < 1.29 is 5.11 Å². The summed E-state index contributed by atoms with van der Waals surface area (Å²) in [6.07, 6.45) is 4.41. The van der Waals surface area contributed by atoms with Gasteiger partial charge in [0.25, 0.3) is 0 Å². The van der Waals surface area contributed by atoms with E-state index in [-0.39, 0.29) is 0 Å². The zero-order valence-electron chi connectivity index (χ0n) is 10.5. The molecule has 0 saturated heterocycles. The van der Waals surface area contributed by atoms with E-state index in [4.69, 9.17) is 16.6 Å². The Labute approximate surface area is 104 Å². The molecule has 1 aliphatic rings. The van der Waals surface area contributed by atoms with Gasteiger partial charge >= 0.3 is 0 Å². The van der Waals surface area contributed by atoms with Crippen LogP contribution in [0.1, 0.15) is 44.4 Å². The van der Waals surface area contributed by atoms with Crippen molar-refractivity contribution in [3.8, 4) is 0 Å². The maximum absolute atomic E-state index is 8.80. The lowest BCUT2D eigenvalue weighted by molar-refractivity contribution is 0.186. The first-order chi connectivity index (χ1) is 8.09. The lowest BCUT2D eigenvalue weighted by atomic mass is 9.88. The predicted molar refractivity (Wildman–Crippen MR) is 71.2 cm³/mol. The largest absolute Gasteiger partial charge is 0.375 e. The number of aliphatic hydroxyl groups excluding tert-OH is 1. The highest BCUT2D eigenvalue weighted by Crippen LogP contribution is 2.21. The van der Waals surface area contributed by atoms with Crippen LogP contribution in [0.2, 0.25) is 0 Å². The number of rotatable bonds is 1. The van der Waals surface area contributed by atoms with Crippen LogP contribution in [-0.2, 0) is 0 Å². The van der Waals surface area contributed by atoms with Gasteiger partial charge in [-0.2, -0.15) is 0 Å². The van der Waals surface area contributed by atoms with Crippen LogP contribution in [0.25, 0.3) is 0 Å². The minimum absolute atomic E-state index is 0.513. The average Bonchev–Trinajstić information content (AvgIpc) is 2.30. The van der Waals surface area contributed by atoms with Crippen LogP contribution in [-0.4, -0.2) is 11.1 Å². The highest BCUT2D eigenvalue weighted by molar-refractivity contribution is 5.15. The number of hydrogen-bond acceptors (Lipinski definition) is 3. The van der Waals surface area contributed by atoms with E-state index in [2.05, 4.69) is 6.92 Å². The Kier molecular flexibility index (Phi) is 6.19. The Bertz CT molecular complexity index is 292. The number of aliphatic hydroxyl groups is 1. The van der Waals surface area contributed by atoms with Gasteiger partial charge in [0.2, 0.25) is 0 Å². The smallest absolute Gasteiger partial charge is 0.128 e. The standard InChI is InChI=1S/C7H9NO.C7H15N/c8-7(9)6-4-2-1-3-5-6;1-6-3-2-4-7(8)5-6/h1-5,7,9H,8H2;6-7H,2-5,8H2,1H3/t;6-,7+/m.1/s1. The highest BCUT2D eigenvalue weighted by atomic mass is 16.3. The molecule has 3 nitrogen and oxygen atoms in total. The van der Waals surface area contributed by atoms with Crippen molar-refractivity contribution in [3.63, 3.8) is 0 Å². The summed E-state index contributed by atoms with van der Waals surface area (Å²) in [7, 11) is 0. The number of benzene rings is 1. The van der Waals surface area contributed by atoms with Crippen LogP contribution < -0.4 is 11.5 Å². The molecule has 17 heavy (non-hydrogen) atoms. The Morgan fingerprint density at radius 1 is 1.24 bits per heavy atom. The first-order valence-corrected chi connectivity index (χ1v) is 6.33. The molecule has 0 radical (unpaired) electrons. The van der Waals surface area contributed by atoms with Gasteiger partial charge in [-0.1, -0.05) is 50.1 Å². The molecular formula is C14H24N2O. The van der Waals surface area contributed by atoms with Crippen LogP contribution in [0.15, 0.2) is 30.3 Å². The molecule has 1 aromatic carbocycles. The van der Waals surface area contributed by atoms with Crippen LogP contribution in [0, 0.1) is 5.92 Å². The molecule has 1 aliphatic carbocycles. The molecule has 0 aromatic heterocycles. The maximum atomic E-state index is 8.80. The molecule has 0 amide bonds. The van der Waals surface area contributed by atoms with Gasteiger partial charge in [0.15, 0.2) is 0 Å². The van der Waals surface area contributed by atoms with Crippen molar-refractivity contribution in [2.45, 2.75) is 44.9 Å². The fourth-order valence-electron chi connectivity index (χ4n) is 2.13. The summed E-state index contributed by atoms with van der Waals surface area (Å²) < 4.78 is 0. The van der Waals surface area contributed by atoms with E-state index >= 15 is 0 Å². The highest BCUT2D eigenvalue weighted by Gasteiger charge is 2.13. The molecule has 0 heterocycles. The summed E-state index contributed by atoms with van der Waals surface area (Å²) in [5, 5.41) is 8.80. The van der Waals surface area contributed by atoms with Crippen LogP contribution >= 0.6 is 0 Å². The van der Waals surface area contributed by atoms with E-state index < -0.39 is 6.23 Å². The molecule has 2 rings (SSSR count). The Hall–Kier alpha value is -0.900. The van der Waals surface area contributed by atoms with Crippen molar-refractivity contribution in [3.05, 3.63) is 35.9 Å². The van der Waals surface area contributed by atoms with Crippen LogP contribution in [0.4, 0.5) is 0 Å². The quantitative estimate of drug-likeness (QED) is 0.654. The van der Waals surface area contributed by atoms with Crippen molar-refractivity contribution >= 4 is 0 Å². The lowest BCUT2D eigenvalue weighted by Crippen LogP contribution is -2.26. The molecule has 5 N–H and O–H groups in total. The maximum Gasteiger partial charge on any atom is 0.128 e. The van der Waals surface area contributed by atoms with E-state index in [0.29, 0.717) is 6.04 Å². The zero-order chi connectivity index (χ0) is 12.7. The normalized spacial score (nSPS) is 25.6. The third kappa shape index (κ3) is 5.82. The van der Waals surface area contributed by atoms with Crippen molar-refractivity contribution in [1.82, 2.24) is 0 Å². The Morgan fingerprint density at radius 2 is 1.88 bits per heavy atom. The molecule has 1 unspecified atom stereocenters. The molecule has 0 aliphatic heterocycles. The fraction of sp³-hybridized carbons (Fsp3) is 0.571. The Morgan fingerprint density at radius 3 is 2.24 bits per heavy atom. The second-order valence-corrected chi connectivity index (χ2v) is 4.89. The van der Waals surface area contributed by atoms with Gasteiger partial charge in [0, 0.05) is 6.04 Å². The molecule has 1 fully saturated rings. The first-order valence-electron chi connectivity index (χ1n) is 6.33. The average molecular weight is 236 g/mol. The first kappa shape index (κ1) is 14.2. The second-order valence-electron chi connectivity index (χ2n) is 4.89. The number of nitrogens with two attached hydrogens (primary N) is 2. The molecule has 1 saturated carbocycles. The Balaban J connectivity index is 0.000000171. The summed E-state index contributed by atoms with van der Waals surface area (Å²) in [6, 6.07) is 9.64. The van der Waals surface area contributed by atoms with Gasteiger partial charge in [0.1, 0.15) is 6.23 Å². The van der Waals surface area contributed by atoms with Gasteiger partial charge in [0.05, 0.1) is 0 Å². The van der Waals surface area contributed by atoms with E-state index in [9.17, 15) is 0 Å². The van der Waals surface area contributed by atoms with Crippen molar-refractivity contribution in [1.29, 1.82) is 0 Å². The summed E-state index contributed by atoms with van der Waals surface area (Å²) in [6.45, 7) is 2.29. The van der Waals surface area contributed by atoms with Gasteiger partial charge in [-0.15, -0.1) is 0 Å². The number of hydrogen-bond donors (Lipinski definition) is 3. The zero-order valence-corrected chi connectivity index (χ0v) is 10.5. The van der Waals surface area contributed by atoms with Gasteiger partial charge in [-0.25, -0.2) is 0 Å².